The molecule has 0 saturated heterocycles. The molecule has 0 amide bonds. The van der Waals surface area contributed by atoms with E-state index in [1.165, 1.54) is 7.11 Å². The van der Waals surface area contributed by atoms with Gasteiger partial charge in [-0.1, -0.05) is 49.9 Å². The van der Waals surface area contributed by atoms with E-state index in [-0.39, 0.29) is 11.5 Å². The Morgan fingerprint density at radius 3 is 2.55 bits per heavy atom. The second-order valence-electron chi connectivity index (χ2n) is 7.75. The molecule has 0 spiro atoms. The first-order chi connectivity index (χ1) is 15.0. The van der Waals surface area contributed by atoms with Gasteiger partial charge in [0, 0.05) is 12.3 Å². The maximum atomic E-state index is 13.1. The first-order valence-electron chi connectivity index (χ1n) is 10.2. The van der Waals surface area contributed by atoms with Crippen LogP contribution in [0.1, 0.15) is 36.2 Å². The second kappa shape index (κ2) is 8.93. The Labute approximate surface area is 184 Å². The van der Waals surface area contributed by atoms with Crippen LogP contribution in [0.25, 0.3) is 16.7 Å². The van der Waals surface area contributed by atoms with Crippen molar-refractivity contribution in [2.24, 2.45) is 5.92 Å². The summed E-state index contributed by atoms with van der Waals surface area (Å²) in [4.78, 5) is 24.7. The van der Waals surface area contributed by atoms with E-state index >= 15 is 0 Å². The van der Waals surface area contributed by atoms with Gasteiger partial charge in [0.15, 0.2) is 5.16 Å². The predicted octanol–water partition coefficient (Wildman–Crippen LogP) is 4.17. The van der Waals surface area contributed by atoms with Gasteiger partial charge in [-0.05, 0) is 42.2 Å². The minimum Gasteiger partial charge on any atom is -0.465 e. The molecular weight excluding hydrogens is 412 g/mol. The average molecular weight is 437 g/mol. The molecule has 8 heteroatoms. The van der Waals surface area contributed by atoms with Gasteiger partial charge in [0.2, 0.25) is 5.78 Å². The van der Waals surface area contributed by atoms with Gasteiger partial charge in [0.25, 0.3) is 5.56 Å². The quantitative estimate of drug-likeness (QED) is 0.320. The number of thioether (sulfide) groups is 1. The topological polar surface area (TPSA) is 78.5 Å². The highest BCUT2D eigenvalue weighted by atomic mass is 32.2. The molecule has 4 aromatic rings. The number of rotatable bonds is 7. The molecule has 4 rings (SSSR count). The first kappa shape index (κ1) is 21.1. The fourth-order valence-corrected chi connectivity index (χ4v) is 4.31. The molecule has 7 nitrogen and oxygen atoms in total. The van der Waals surface area contributed by atoms with E-state index < -0.39 is 0 Å². The molecule has 2 aromatic carbocycles. The van der Waals surface area contributed by atoms with Crippen molar-refractivity contribution >= 4 is 34.4 Å². The molecule has 0 aliphatic rings. The zero-order valence-corrected chi connectivity index (χ0v) is 18.6. The highest BCUT2D eigenvalue weighted by Crippen LogP contribution is 2.25. The number of aromatic nitrogens is 4. The van der Waals surface area contributed by atoms with Crippen molar-refractivity contribution in [1.82, 2.24) is 19.2 Å². The Hall–Kier alpha value is -3.13. The summed E-state index contributed by atoms with van der Waals surface area (Å²) in [6.07, 6.45) is 0.885. The molecule has 2 aromatic heterocycles. The largest absolute Gasteiger partial charge is 0.465 e. The summed E-state index contributed by atoms with van der Waals surface area (Å²) in [5.74, 6) is 1.34. The zero-order chi connectivity index (χ0) is 22.0. The van der Waals surface area contributed by atoms with E-state index in [2.05, 4.69) is 24.0 Å². The monoisotopic (exact) mass is 436 g/mol. The Kier molecular flexibility index (Phi) is 6.08. The van der Waals surface area contributed by atoms with Crippen LogP contribution in [0, 0.1) is 5.92 Å². The molecule has 2 heterocycles. The van der Waals surface area contributed by atoms with Crippen molar-refractivity contribution < 1.29 is 9.53 Å². The normalized spacial score (nSPS) is 11.5. The van der Waals surface area contributed by atoms with Crippen molar-refractivity contribution in [3.63, 3.8) is 0 Å². The number of benzene rings is 2. The molecule has 0 fully saturated rings. The van der Waals surface area contributed by atoms with Gasteiger partial charge in [0.1, 0.15) is 0 Å². The number of nitrogens with zero attached hydrogens (tertiary/aromatic N) is 4. The third kappa shape index (κ3) is 4.20. The molecule has 0 bridgehead atoms. The van der Waals surface area contributed by atoms with E-state index in [1.807, 2.05) is 40.8 Å². The van der Waals surface area contributed by atoms with Gasteiger partial charge in [-0.25, -0.2) is 4.79 Å². The van der Waals surface area contributed by atoms with Crippen LogP contribution in [0.5, 0.6) is 0 Å². The van der Waals surface area contributed by atoms with Gasteiger partial charge >= 0.3 is 5.97 Å². The Morgan fingerprint density at radius 1 is 1.10 bits per heavy atom. The lowest BCUT2D eigenvalue weighted by Crippen LogP contribution is -2.24. The minimum atomic E-state index is -0.353. The van der Waals surface area contributed by atoms with Crippen LogP contribution >= 0.6 is 11.8 Å². The van der Waals surface area contributed by atoms with E-state index in [0.29, 0.717) is 34.9 Å². The lowest BCUT2D eigenvalue weighted by Gasteiger charge is -2.12. The third-order valence-electron chi connectivity index (χ3n) is 5.15. The molecule has 0 N–H and O–H groups in total. The Balaban J connectivity index is 1.70. The summed E-state index contributed by atoms with van der Waals surface area (Å²) in [6, 6.07) is 14.9. The van der Waals surface area contributed by atoms with E-state index in [9.17, 15) is 9.59 Å². The lowest BCUT2D eigenvalue weighted by molar-refractivity contribution is 0.0600. The van der Waals surface area contributed by atoms with Crippen LogP contribution in [-0.4, -0.2) is 32.2 Å². The number of methoxy groups -OCH3 is 1. The maximum absolute atomic E-state index is 13.1. The number of ether oxygens (including phenoxy) is 1. The van der Waals surface area contributed by atoms with Crippen LogP contribution in [0.15, 0.2) is 58.5 Å². The van der Waals surface area contributed by atoms with Gasteiger partial charge in [-0.2, -0.15) is 0 Å². The van der Waals surface area contributed by atoms with E-state index in [0.717, 1.165) is 22.7 Å². The number of esters is 1. The summed E-state index contributed by atoms with van der Waals surface area (Å²) in [5.41, 5.74) is 2.33. The van der Waals surface area contributed by atoms with Crippen LogP contribution < -0.4 is 5.56 Å². The lowest BCUT2D eigenvalue weighted by atomic mass is 10.1. The second-order valence-corrected chi connectivity index (χ2v) is 8.69. The number of aryl methyl sites for hydroxylation is 1. The molecule has 0 aliphatic heterocycles. The molecule has 0 saturated carbocycles. The standard InChI is InChI=1S/C23H24N4O3S/c1-15(2)12-13-26-20(28)18-6-4-5-7-19(18)27-22(26)24-25-23(27)31-14-16-8-10-17(11-9-16)21(29)30-3/h4-11,15H,12-14H2,1-3H3. The number of para-hydroxylation sites is 1. The molecule has 0 radical (unpaired) electrons. The van der Waals surface area contributed by atoms with E-state index in [1.54, 1.807) is 28.5 Å². The van der Waals surface area contributed by atoms with Gasteiger partial charge in [-0.15, -0.1) is 10.2 Å². The van der Waals surface area contributed by atoms with E-state index in [4.69, 9.17) is 4.74 Å². The first-order valence-corrected chi connectivity index (χ1v) is 11.1. The molecule has 0 unspecified atom stereocenters. The van der Waals surface area contributed by atoms with Gasteiger partial charge in [-0.3, -0.25) is 13.8 Å². The number of fused-ring (bicyclic) bond motifs is 3. The SMILES string of the molecule is COC(=O)c1ccc(CSc2nnc3n(CCC(C)C)c(=O)c4ccccc4n23)cc1. The van der Waals surface area contributed by atoms with Crippen molar-refractivity contribution in [2.45, 2.75) is 37.7 Å². The maximum Gasteiger partial charge on any atom is 0.337 e. The third-order valence-corrected chi connectivity index (χ3v) is 6.15. The summed E-state index contributed by atoms with van der Waals surface area (Å²) in [5, 5.41) is 10.1. The van der Waals surface area contributed by atoms with Gasteiger partial charge in [0.05, 0.1) is 23.6 Å². The Morgan fingerprint density at radius 2 is 1.84 bits per heavy atom. The fourth-order valence-electron chi connectivity index (χ4n) is 3.42. The summed E-state index contributed by atoms with van der Waals surface area (Å²) in [7, 11) is 1.37. The fraction of sp³-hybridized carbons (Fsp3) is 0.304. The average Bonchev–Trinajstić information content (AvgIpc) is 3.21. The van der Waals surface area contributed by atoms with Crippen molar-refractivity contribution in [3.8, 4) is 0 Å². The number of hydrogen-bond acceptors (Lipinski definition) is 6. The molecule has 0 aliphatic carbocycles. The smallest absolute Gasteiger partial charge is 0.337 e. The van der Waals surface area contributed by atoms with Gasteiger partial charge < -0.3 is 4.74 Å². The Bertz CT molecular complexity index is 1290. The molecule has 0 atom stereocenters. The molecular formula is C23H24N4O3S. The van der Waals surface area contributed by atoms with Crippen LogP contribution in [0.3, 0.4) is 0 Å². The minimum absolute atomic E-state index is 0.0360. The number of carbonyl (C=O) groups is 1. The molecule has 160 valence electrons. The van der Waals surface area contributed by atoms with Crippen molar-refractivity contribution in [3.05, 3.63) is 70.0 Å². The number of hydrogen-bond donors (Lipinski definition) is 0. The highest BCUT2D eigenvalue weighted by Gasteiger charge is 2.17. The molecule has 31 heavy (non-hydrogen) atoms. The zero-order valence-electron chi connectivity index (χ0n) is 17.7. The van der Waals surface area contributed by atoms with Crippen molar-refractivity contribution in [1.29, 1.82) is 0 Å². The van der Waals surface area contributed by atoms with Crippen LogP contribution in [0.2, 0.25) is 0 Å². The van der Waals surface area contributed by atoms with Crippen molar-refractivity contribution in [2.75, 3.05) is 7.11 Å². The summed E-state index contributed by atoms with van der Waals surface area (Å²) >= 11 is 1.54. The highest BCUT2D eigenvalue weighted by molar-refractivity contribution is 7.98. The summed E-state index contributed by atoms with van der Waals surface area (Å²) < 4.78 is 8.44. The number of carbonyl (C=O) groups excluding carboxylic acids is 1. The van der Waals surface area contributed by atoms with Crippen LogP contribution in [0.4, 0.5) is 0 Å². The summed E-state index contributed by atoms with van der Waals surface area (Å²) in [6.45, 7) is 4.88. The van der Waals surface area contributed by atoms with Crippen LogP contribution in [-0.2, 0) is 17.0 Å². The predicted molar refractivity (Wildman–Crippen MR) is 122 cm³/mol.